The molecule has 0 saturated heterocycles. The van der Waals surface area contributed by atoms with Gasteiger partial charge in [0.25, 0.3) is 0 Å². The highest BCUT2D eigenvalue weighted by atomic mass is 35.5. The van der Waals surface area contributed by atoms with Crippen LogP contribution in [0.4, 0.5) is 5.69 Å². The van der Waals surface area contributed by atoms with Crippen LogP contribution in [0.15, 0.2) is 36.4 Å². The maximum atomic E-state index is 13.8. The topological polar surface area (TPSA) is 86.8 Å². The number of carbonyl (C=O) groups is 2. The molecule has 11 heteroatoms. The highest BCUT2D eigenvalue weighted by molar-refractivity contribution is 7.92. The first-order valence-electron chi connectivity index (χ1n) is 11.3. The van der Waals surface area contributed by atoms with Crippen LogP contribution in [0.5, 0.6) is 0 Å². The van der Waals surface area contributed by atoms with Crippen molar-refractivity contribution in [1.29, 1.82) is 0 Å². The average molecular weight is 577 g/mol. The van der Waals surface area contributed by atoms with Gasteiger partial charge in [-0.05, 0) is 63.9 Å². The van der Waals surface area contributed by atoms with E-state index < -0.39 is 34.1 Å². The number of aryl methyl sites for hydroxylation is 1. The van der Waals surface area contributed by atoms with E-state index in [1.807, 2.05) is 20.8 Å². The van der Waals surface area contributed by atoms with Gasteiger partial charge in [0.15, 0.2) is 0 Å². The van der Waals surface area contributed by atoms with Crippen molar-refractivity contribution in [2.45, 2.75) is 59.2 Å². The minimum absolute atomic E-state index is 0.0838. The second kappa shape index (κ2) is 12.0. The lowest BCUT2D eigenvalue weighted by atomic mass is 10.1. The number of nitrogens with one attached hydrogen (secondary N) is 1. The molecule has 7 nitrogen and oxygen atoms in total. The molecule has 1 N–H and O–H groups in total. The monoisotopic (exact) mass is 575 g/mol. The van der Waals surface area contributed by atoms with Crippen LogP contribution in [-0.4, -0.2) is 49.5 Å². The fourth-order valence-electron chi connectivity index (χ4n) is 3.67. The number of carbonyl (C=O) groups excluding carboxylic acids is 2. The van der Waals surface area contributed by atoms with E-state index in [0.29, 0.717) is 26.2 Å². The molecule has 0 aliphatic heterocycles. The Kier molecular flexibility index (Phi) is 10.1. The van der Waals surface area contributed by atoms with Crippen LogP contribution in [0.3, 0.4) is 0 Å². The van der Waals surface area contributed by atoms with E-state index in [1.165, 1.54) is 11.0 Å². The van der Waals surface area contributed by atoms with E-state index in [9.17, 15) is 18.0 Å². The quantitative estimate of drug-likeness (QED) is 0.430. The summed E-state index contributed by atoms with van der Waals surface area (Å²) in [6, 6.07) is 8.86. The molecule has 2 aromatic carbocycles. The zero-order chi connectivity index (χ0) is 27.4. The molecule has 0 fully saturated rings. The molecular weight excluding hydrogens is 545 g/mol. The molecule has 0 saturated carbocycles. The number of halogens is 3. The van der Waals surface area contributed by atoms with Gasteiger partial charge in [0, 0.05) is 32.7 Å². The van der Waals surface area contributed by atoms with Gasteiger partial charge in [0.1, 0.15) is 12.6 Å². The second-order valence-electron chi connectivity index (χ2n) is 9.59. The van der Waals surface area contributed by atoms with Crippen molar-refractivity contribution in [3.63, 3.8) is 0 Å². The number of anilines is 1. The van der Waals surface area contributed by atoms with Gasteiger partial charge in [0.2, 0.25) is 21.8 Å². The molecule has 2 amide bonds. The summed E-state index contributed by atoms with van der Waals surface area (Å²) in [5.41, 5.74) is 0.816. The van der Waals surface area contributed by atoms with E-state index in [1.54, 1.807) is 44.2 Å². The van der Waals surface area contributed by atoms with Gasteiger partial charge >= 0.3 is 0 Å². The fraction of sp³-hybridized carbons (Fsp3) is 0.440. The van der Waals surface area contributed by atoms with Crippen molar-refractivity contribution >= 4 is 62.3 Å². The summed E-state index contributed by atoms with van der Waals surface area (Å²) in [7, 11) is -3.88. The molecule has 36 heavy (non-hydrogen) atoms. The van der Waals surface area contributed by atoms with E-state index >= 15 is 0 Å². The number of hydrogen-bond donors (Lipinski definition) is 1. The van der Waals surface area contributed by atoms with Crippen molar-refractivity contribution < 1.29 is 18.0 Å². The lowest BCUT2D eigenvalue weighted by molar-refractivity contribution is -0.141. The average Bonchev–Trinajstić information content (AvgIpc) is 2.73. The number of nitrogens with zero attached hydrogens (tertiary/aromatic N) is 2. The Bertz CT molecular complexity index is 1210. The maximum Gasteiger partial charge on any atom is 0.244 e. The summed E-state index contributed by atoms with van der Waals surface area (Å²) in [4.78, 5) is 28.3. The highest BCUT2D eigenvalue weighted by Gasteiger charge is 2.34. The Balaban J connectivity index is 2.57. The number of amides is 2. The molecular formula is C25H32Cl3N3O4S. The van der Waals surface area contributed by atoms with Crippen LogP contribution in [-0.2, 0) is 26.2 Å². The van der Waals surface area contributed by atoms with Crippen LogP contribution < -0.4 is 9.62 Å². The summed E-state index contributed by atoms with van der Waals surface area (Å²) in [6.07, 6.45) is 1.30. The summed E-state index contributed by atoms with van der Waals surface area (Å²) in [6.45, 7) is 8.38. The zero-order valence-electron chi connectivity index (χ0n) is 21.2. The second-order valence-corrected chi connectivity index (χ2v) is 12.7. The molecule has 0 heterocycles. The van der Waals surface area contributed by atoms with Crippen molar-refractivity contribution in [3.8, 4) is 0 Å². The van der Waals surface area contributed by atoms with Crippen LogP contribution in [0.2, 0.25) is 15.1 Å². The highest BCUT2D eigenvalue weighted by Crippen LogP contribution is 2.29. The summed E-state index contributed by atoms with van der Waals surface area (Å²) in [5.74, 6) is -0.960. The Morgan fingerprint density at radius 3 is 2.14 bits per heavy atom. The number of sulfonamides is 1. The van der Waals surface area contributed by atoms with Gasteiger partial charge < -0.3 is 10.2 Å². The maximum absolute atomic E-state index is 13.8. The van der Waals surface area contributed by atoms with Gasteiger partial charge in [-0.3, -0.25) is 13.9 Å². The third kappa shape index (κ3) is 8.00. The fourth-order valence-corrected chi connectivity index (χ4v) is 5.25. The molecule has 198 valence electrons. The van der Waals surface area contributed by atoms with Crippen molar-refractivity contribution in [1.82, 2.24) is 10.2 Å². The van der Waals surface area contributed by atoms with E-state index in [2.05, 4.69) is 5.32 Å². The zero-order valence-corrected chi connectivity index (χ0v) is 24.3. The third-order valence-electron chi connectivity index (χ3n) is 5.39. The molecule has 0 aliphatic rings. The molecule has 1 atom stereocenters. The number of hydrogen-bond acceptors (Lipinski definition) is 4. The number of rotatable bonds is 9. The van der Waals surface area contributed by atoms with Crippen molar-refractivity contribution in [3.05, 3.63) is 62.6 Å². The van der Waals surface area contributed by atoms with Crippen LogP contribution >= 0.6 is 34.8 Å². The van der Waals surface area contributed by atoms with Gasteiger partial charge in [-0.2, -0.15) is 0 Å². The number of benzene rings is 2. The Morgan fingerprint density at radius 1 is 1.06 bits per heavy atom. The van der Waals surface area contributed by atoms with E-state index in [-0.39, 0.29) is 24.6 Å². The summed E-state index contributed by atoms with van der Waals surface area (Å²) < 4.78 is 26.5. The molecule has 2 aromatic rings. The van der Waals surface area contributed by atoms with Gasteiger partial charge in [-0.25, -0.2) is 8.42 Å². The first-order chi connectivity index (χ1) is 16.5. The van der Waals surface area contributed by atoms with Gasteiger partial charge in [-0.15, -0.1) is 0 Å². The lowest BCUT2D eigenvalue weighted by Crippen LogP contribution is -2.55. The predicted octanol–water partition coefficient (Wildman–Crippen LogP) is 5.44. The minimum atomic E-state index is -3.88. The normalized spacial score (nSPS) is 12.7. The Morgan fingerprint density at radius 2 is 1.64 bits per heavy atom. The summed E-state index contributed by atoms with van der Waals surface area (Å²) >= 11 is 18.9. The standard InChI is InChI=1S/C25H32Cl3N3O4S/c1-7-21(24(33)29-25(3,4)5)30(14-18-19(27)9-8-10-20(18)28)23(32)15-31(36(6,34)35)22-13-17(26)12-11-16(22)2/h8-13,21H,7,14-15H2,1-6H3,(H,29,33)/t21-/m1/s1. The van der Waals surface area contributed by atoms with Crippen molar-refractivity contribution in [2.24, 2.45) is 0 Å². The molecule has 0 bridgehead atoms. The van der Waals surface area contributed by atoms with Crippen LogP contribution in [0.1, 0.15) is 45.2 Å². The molecule has 0 spiro atoms. The molecule has 2 rings (SSSR count). The molecule has 0 unspecified atom stereocenters. The molecule has 0 aromatic heterocycles. The first-order valence-corrected chi connectivity index (χ1v) is 14.3. The SMILES string of the molecule is CC[C@H](C(=O)NC(C)(C)C)N(Cc1c(Cl)cccc1Cl)C(=O)CN(c1cc(Cl)ccc1C)S(C)(=O)=O. The van der Waals surface area contributed by atoms with Gasteiger partial charge in [-0.1, -0.05) is 53.9 Å². The first kappa shape index (κ1) is 30.2. The van der Waals surface area contributed by atoms with Crippen LogP contribution in [0.25, 0.3) is 0 Å². The summed E-state index contributed by atoms with van der Waals surface area (Å²) in [5, 5.41) is 3.89. The minimum Gasteiger partial charge on any atom is -0.350 e. The van der Waals surface area contributed by atoms with Crippen LogP contribution in [0, 0.1) is 6.92 Å². The molecule has 0 radical (unpaired) electrons. The van der Waals surface area contributed by atoms with E-state index in [0.717, 1.165) is 10.6 Å². The molecule has 0 aliphatic carbocycles. The largest absolute Gasteiger partial charge is 0.350 e. The van der Waals surface area contributed by atoms with Crippen molar-refractivity contribution in [2.75, 3.05) is 17.1 Å². The Hall–Kier alpha value is -2.00. The third-order valence-corrected chi connectivity index (χ3v) is 7.46. The van der Waals surface area contributed by atoms with E-state index in [4.69, 9.17) is 34.8 Å². The predicted molar refractivity (Wildman–Crippen MR) is 147 cm³/mol. The smallest absolute Gasteiger partial charge is 0.244 e. The van der Waals surface area contributed by atoms with Gasteiger partial charge in [0.05, 0.1) is 11.9 Å². The lowest BCUT2D eigenvalue weighted by Gasteiger charge is -2.35. The Labute approximate surface area is 228 Å².